The second kappa shape index (κ2) is 4.30. The van der Waals surface area contributed by atoms with Gasteiger partial charge in [-0.25, -0.2) is 0 Å². The van der Waals surface area contributed by atoms with Gasteiger partial charge in [-0.2, -0.15) is 0 Å². The number of esters is 1. The second-order valence-corrected chi connectivity index (χ2v) is 3.39. The predicted octanol–water partition coefficient (Wildman–Crippen LogP) is 2.37. The van der Waals surface area contributed by atoms with Crippen molar-refractivity contribution < 1.29 is 14.3 Å². The Morgan fingerprint density at radius 2 is 2.46 bits per heavy atom. The van der Waals surface area contributed by atoms with Crippen LogP contribution in [0.5, 0.6) is 0 Å². The van der Waals surface area contributed by atoms with E-state index in [0.717, 1.165) is 19.3 Å². The maximum atomic E-state index is 11.2. The van der Waals surface area contributed by atoms with Crippen molar-refractivity contribution in [3.8, 4) is 0 Å². The van der Waals surface area contributed by atoms with Gasteiger partial charge < -0.3 is 9.47 Å². The number of ether oxygens (including phenoxy) is 2. The summed E-state index contributed by atoms with van der Waals surface area (Å²) in [5.41, 5.74) is 0. The summed E-state index contributed by atoms with van der Waals surface area (Å²) < 4.78 is 10.5. The molecule has 0 radical (unpaired) electrons. The van der Waals surface area contributed by atoms with Gasteiger partial charge in [-0.1, -0.05) is 6.92 Å². The molecule has 13 heavy (non-hydrogen) atoms. The molecule has 0 saturated carbocycles. The summed E-state index contributed by atoms with van der Waals surface area (Å²) in [5.74, 6) is -0.915. The highest BCUT2D eigenvalue weighted by Crippen LogP contribution is 2.24. The molecule has 1 aliphatic rings. The molecule has 1 unspecified atom stereocenters. The number of rotatable bonds is 3. The molecule has 3 heteroatoms. The fourth-order valence-corrected chi connectivity index (χ4v) is 1.24. The van der Waals surface area contributed by atoms with E-state index in [9.17, 15) is 4.79 Å². The van der Waals surface area contributed by atoms with Crippen molar-refractivity contribution in [3.63, 3.8) is 0 Å². The van der Waals surface area contributed by atoms with Crippen LogP contribution in [0.25, 0.3) is 0 Å². The summed E-state index contributed by atoms with van der Waals surface area (Å²) in [4.78, 5) is 11.2. The Labute approximate surface area is 78.7 Å². The molecule has 0 fully saturated rings. The summed E-state index contributed by atoms with van der Waals surface area (Å²) in [6, 6.07) is 0. The van der Waals surface area contributed by atoms with E-state index in [0.29, 0.717) is 6.42 Å². The first-order chi connectivity index (χ1) is 6.16. The monoisotopic (exact) mass is 184 g/mol. The average Bonchev–Trinajstić information content (AvgIpc) is 2.04. The number of hydrogen-bond donors (Lipinski definition) is 0. The molecule has 3 nitrogen and oxygen atoms in total. The molecule has 1 atom stereocenters. The van der Waals surface area contributed by atoms with Crippen molar-refractivity contribution in [2.75, 3.05) is 0 Å². The highest BCUT2D eigenvalue weighted by molar-refractivity contribution is 5.69. The van der Waals surface area contributed by atoms with Gasteiger partial charge in [-0.15, -0.1) is 0 Å². The SMILES string of the molecule is CCCC(=O)OC1(C)CCC=CO1. The van der Waals surface area contributed by atoms with Gasteiger partial charge in [0.05, 0.1) is 6.26 Å². The molecule has 0 bridgehead atoms. The Morgan fingerprint density at radius 1 is 1.69 bits per heavy atom. The molecular formula is C10H16O3. The predicted molar refractivity (Wildman–Crippen MR) is 48.9 cm³/mol. The zero-order valence-electron chi connectivity index (χ0n) is 8.21. The van der Waals surface area contributed by atoms with Gasteiger partial charge in [0.1, 0.15) is 0 Å². The summed E-state index contributed by atoms with van der Waals surface area (Å²) in [5, 5.41) is 0. The molecule has 0 amide bonds. The number of carbonyl (C=O) groups is 1. The number of hydrogen-bond acceptors (Lipinski definition) is 3. The fourth-order valence-electron chi connectivity index (χ4n) is 1.24. The van der Waals surface area contributed by atoms with E-state index < -0.39 is 5.79 Å². The van der Waals surface area contributed by atoms with E-state index >= 15 is 0 Å². The third-order valence-electron chi connectivity index (χ3n) is 1.96. The van der Waals surface area contributed by atoms with Crippen molar-refractivity contribution in [2.24, 2.45) is 0 Å². The first kappa shape index (κ1) is 10.1. The zero-order chi connectivity index (χ0) is 9.73. The van der Waals surface area contributed by atoms with Crippen LogP contribution in [0.1, 0.15) is 39.5 Å². The average molecular weight is 184 g/mol. The summed E-state index contributed by atoms with van der Waals surface area (Å²) >= 11 is 0. The summed E-state index contributed by atoms with van der Waals surface area (Å²) in [6.07, 6.45) is 6.43. The van der Waals surface area contributed by atoms with Gasteiger partial charge in [-0.3, -0.25) is 4.79 Å². The molecule has 1 aliphatic heterocycles. The normalized spacial score (nSPS) is 26.6. The van der Waals surface area contributed by atoms with Crippen LogP contribution in [0.4, 0.5) is 0 Å². The smallest absolute Gasteiger partial charge is 0.309 e. The van der Waals surface area contributed by atoms with Crippen molar-refractivity contribution in [1.29, 1.82) is 0 Å². The molecule has 74 valence electrons. The molecule has 0 N–H and O–H groups in total. The minimum absolute atomic E-state index is 0.180. The quantitative estimate of drug-likeness (QED) is 0.632. The molecular weight excluding hydrogens is 168 g/mol. The van der Waals surface area contributed by atoms with Gasteiger partial charge in [0.2, 0.25) is 0 Å². The van der Waals surface area contributed by atoms with Gasteiger partial charge in [-0.05, 0) is 18.9 Å². The van der Waals surface area contributed by atoms with Crippen molar-refractivity contribution in [3.05, 3.63) is 12.3 Å². The Balaban J connectivity index is 2.41. The van der Waals surface area contributed by atoms with E-state index in [1.54, 1.807) is 13.2 Å². The van der Waals surface area contributed by atoms with Crippen LogP contribution in [-0.4, -0.2) is 11.8 Å². The Hall–Kier alpha value is -0.990. The topological polar surface area (TPSA) is 35.5 Å². The van der Waals surface area contributed by atoms with Crippen LogP contribution < -0.4 is 0 Å². The fraction of sp³-hybridized carbons (Fsp3) is 0.700. The summed E-state index contributed by atoms with van der Waals surface area (Å²) in [6.45, 7) is 3.75. The first-order valence-electron chi connectivity index (χ1n) is 4.71. The standard InChI is InChI=1S/C10H16O3/c1-3-6-9(11)13-10(2)7-4-5-8-12-10/h5,8H,3-4,6-7H2,1-2H3. The molecule has 0 aromatic heterocycles. The van der Waals surface area contributed by atoms with Gasteiger partial charge in [0.25, 0.3) is 5.79 Å². The van der Waals surface area contributed by atoms with Crippen LogP contribution in [0.3, 0.4) is 0 Å². The Kier molecular flexibility index (Phi) is 3.34. The lowest BCUT2D eigenvalue weighted by atomic mass is 10.1. The lowest BCUT2D eigenvalue weighted by Crippen LogP contribution is -2.34. The van der Waals surface area contributed by atoms with Gasteiger partial charge >= 0.3 is 5.97 Å². The van der Waals surface area contributed by atoms with E-state index in [4.69, 9.17) is 9.47 Å². The molecule has 0 spiro atoms. The third-order valence-corrected chi connectivity index (χ3v) is 1.96. The lowest BCUT2D eigenvalue weighted by Gasteiger charge is -2.30. The lowest BCUT2D eigenvalue weighted by molar-refractivity contribution is -0.209. The highest BCUT2D eigenvalue weighted by atomic mass is 16.7. The van der Waals surface area contributed by atoms with Crippen LogP contribution in [0, 0.1) is 0 Å². The molecule has 0 aliphatic carbocycles. The molecule has 0 aromatic rings. The van der Waals surface area contributed by atoms with Gasteiger partial charge in [0, 0.05) is 19.8 Å². The van der Waals surface area contributed by atoms with E-state index in [-0.39, 0.29) is 5.97 Å². The highest BCUT2D eigenvalue weighted by Gasteiger charge is 2.30. The molecule has 0 aromatic carbocycles. The second-order valence-electron chi connectivity index (χ2n) is 3.39. The van der Waals surface area contributed by atoms with Crippen LogP contribution in [0.2, 0.25) is 0 Å². The Morgan fingerprint density at radius 3 is 3.00 bits per heavy atom. The first-order valence-corrected chi connectivity index (χ1v) is 4.71. The van der Waals surface area contributed by atoms with Crippen molar-refractivity contribution in [2.45, 2.75) is 45.3 Å². The third kappa shape index (κ3) is 3.09. The minimum Gasteiger partial charge on any atom is -0.460 e. The van der Waals surface area contributed by atoms with E-state index in [1.807, 2.05) is 13.0 Å². The zero-order valence-corrected chi connectivity index (χ0v) is 8.21. The molecule has 1 heterocycles. The molecule has 0 saturated heterocycles. The van der Waals surface area contributed by atoms with Crippen molar-refractivity contribution >= 4 is 5.97 Å². The minimum atomic E-state index is -0.735. The largest absolute Gasteiger partial charge is 0.460 e. The van der Waals surface area contributed by atoms with Crippen molar-refractivity contribution in [1.82, 2.24) is 0 Å². The maximum Gasteiger partial charge on any atom is 0.309 e. The van der Waals surface area contributed by atoms with Crippen LogP contribution in [-0.2, 0) is 14.3 Å². The maximum absolute atomic E-state index is 11.2. The van der Waals surface area contributed by atoms with Crippen LogP contribution in [0.15, 0.2) is 12.3 Å². The number of allylic oxidation sites excluding steroid dienone is 1. The summed E-state index contributed by atoms with van der Waals surface area (Å²) in [7, 11) is 0. The van der Waals surface area contributed by atoms with E-state index in [2.05, 4.69) is 0 Å². The van der Waals surface area contributed by atoms with Gasteiger partial charge in [0.15, 0.2) is 0 Å². The molecule has 1 rings (SSSR count). The van der Waals surface area contributed by atoms with E-state index in [1.165, 1.54) is 0 Å². The van der Waals surface area contributed by atoms with Crippen LogP contribution >= 0.6 is 0 Å². The number of carbonyl (C=O) groups excluding carboxylic acids is 1. The Bertz CT molecular complexity index is 210.